The average Bonchev–Trinajstić information content (AvgIpc) is 3.67. The molecular formula is C37H39N7O3. The number of likely N-dealkylation sites (tertiary alicyclic amines) is 1. The summed E-state index contributed by atoms with van der Waals surface area (Å²) in [5.41, 5.74) is 5.48. The molecule has 10 nitrogen and oxygen atoms in total. The third-order valence-corrected chi connectivity index (χ3v) is 8.47. The number of urea groups is 1. The lowest BCUT2D eigenvalue weighted by Gasteiger charge is -2.21. The zero-order chi connectivity index (χ0) is 32.6. The second-order valence-corrected chi connectivity index (χ2v) is 11.6. The summed E-state index contributed by atoms with van der Waals surface area (Å²) in [6, 6.07) is 32.8. The number of aromatic nitrogens is 3. The summed E-state index contributed by atoms with van der Waals surface area (Å²) in [4.78, 5) is 33.2. The molecule has 1 saturated heterocycles. The SMILES string of the molecule is COCCN1C[C@@H](NC(=O)Nc2c(C)c(-c3ccc(C(=O)NCc4ccccc4)nc3)nn2-c2ccccc2)[C@H](c2ccccc2)C1. The Labute approximate surface area is 274 Å². The lowest BCUT2D eigenvalue weighted by molar-refractivity contribution is 0.0946. The van der Waals surface area contributed by atoms with Gasteiger partial charge < -0.3 is 15.4 Å². The number of carbonyl (C=O) groups is 2. The number of methoxy groups -OCH3 is 1. The van der Waals surface area contributed by atoms with Gasteiger partial charge in [-0.15, -0.1) is 0 Å². The van der Waals surface area contributed by atoms with E-state index in [-0.39, 0.29) is 23.9 Å². The van der Waals surface area contributed by atoms with Gasteiger partial charge >= 0.3 is 6.03 Å². The van der Waals surface area contributed by atoms with Gasteiger partial charge in [-0.1, -0.05) is 78.9 Å². The Morgan fingerprint density at radius 3 is 2.28 bits per heavy atom. The standard InChI is InChI=1S/C37H39N7O3/c1-26-34(29-18-19-32(38-23-29)36(45)39-22-27-12-6-3-7-13-27)42-44(30-16-10-5-11-17-30)35(26)41-37(46)40-33-25-43(20-21-47-2)24-31(33)28-14-8-4-9-15-28/h3-19,23,31,33H,20-22,24-25H2,1-2H3,(H,39,45)(H2,40,41,46)/t31-,33+/m0/s1. The Hall–Kier alpha value is -5.32. The fourth-order valence-corrected chi connectivity index (χ4v) is 5.99. The number of nitrogens with zero attached hydrogens (tertiary/aromatic N) is 4. The summed E-state index contributed by atoms with van der Waals surface area (Å²) in [6.45, 7) is 5.31. The van der Waals surface area contributed by atoms with E-state index in [4.69, 9.17) is 9.84 Å². The minimum absolute atomic E-state index is 0.0908. The molecule has 0 aliphatic carbocycles. The van der Waals surface area contributed by atoms with Crippen molar-refractivity contribution >= 4 is 17.8 Å². The average molecular weight is 630 g/mol. The monoisotopic (exact) mass is 629 g/mol. The fourth-order valence-electron chi connectivity index (χ4n) is 5.99. The van der Waals surface area contributed by atoms with E-state index in [2.05, 4.69) is 38.0 Å². The van der Waals surface area contributed by atoms with Crippen LogP contribution in [0.15, 0.2) is 109 Å². The van der Waals surface area contributed by atoms with E-state index in [1.807, 2.05) is 91.9 Å². The molecular weight excluding hydrogens is 590 g/mol. The van der Waals surface area contributed by atoms with Crippen LogP contribution in [-0.4, -0.2) is 71.0 Å². The van der Waals surface area contributed by atoms with E-state index < -0.39 is 0 Å². The molecule has 1 aliphatic rings. The highest BCUT2D eigenvalue weighted by atomic mass is 16.5. The highest BCUT2D eigenvalue weighted by Crippen LogP contribution is 2.31. The van der Waals surface area contributed by atoms with E-state index >= 15 is 0 Å². The Morgan fingerprint density at radius 1 is 0.894 bits per heavy atom. The molecule has 3 amide bonds. The van der Waals surface area contributed by atoms with E-state index in [1.165, 1.54) is 5.56 Å². The van der Waals surface area contributed by atoms with E-state index in [9.17, 15) is 9.59 Å². The fraction of sp³-hybridized carbons (Fsp3) is 0.243. The van der Waals surface area contributed by atoms with E-state index in [0.717, 1.165) is 42.0 Å². The lowest BCUT2D eigenvalue weighted by atomic mass is 9.94. The molecule has 3 aromatic carbocycles. The van der Waals surface area contributed by atoms with Crippen LogP contribution in [0.2, 0.25) is 0 Å². The van der Waals surface area contributed by atoms with Gasteiger partial charge in [-0.2, -0.15) is 5.10 Å². The van der Waals surface area contributed by atoms with Crippen molar-refractivity contribution in [3.63, 3.8) is 0 Å². The number of amides is 3. The van der Waals surface area contributed by atoms with Gasteiger partial charge in [0.2, 0.25) is 0 Å². The van der Waals surface area contributed by atoms with Crippen LogP contribution >= 0.6 is 0 Å². The molecule has 0 saturated carbocycles. The maximum Gasteiger partial charge on any atom is 0.320 e. The topological polar surface area (TPSA) is 113 Å². The van der Waals surface area contributed by atoms with Crippen LogP contribution in [0.25, 0.3) is 16.9 Å². The Morgan fingerprint density at radius 2 is 1.60 bits per heavy atom. The maximum absolute atomic E-state index is 13.7. The summed E-state index contributed by atoms with van der Waals surface area (Å²) < 4.78 is 7.05. The zero-order valence-electron chi connectivity index (χ0n) is 26.6. The third-order valence-electron chi connectivity index (χ3n) is 8.47. The van der Waals surface area contributed by atoms with E-state index in [1.54, 1.807) is 24.1 Å². The van der Waals surface area contributed by atoms with Gasteiger partial charge in [0.15, 0.2) is 0 Å². The molecule has 3 heterocycles. The molecule has 5 aromatic rings. The van der Waals surface area contributed by atoms with Crippen molar-refractivity contribution < 1.29 is 14.3 Å². The second kappa shape index (κ2) is 14.8. The molecule has 1 aliphatic heterocycles. The third kappa shape index (κ3) is 7.57. The highest BCUT2D eigenvalue weighted by molar-refractivity contribution is 5.93. The van der Waals surface area contributed by atoms with Gasteiger partial charge in [-0.05, 0) is 42.3 Å². The van der Waals surface area contributed by atoms with Gasteiger partial charge in [0.1, 0.15) is 11.5 Å². The van der Waals surface area contributed by atoms with Gasteiger partial charge in [0, 0.05) is 56.5 Å². The Balaban J connectivity index is 1.22. The molecule has 0 radical (unpaired) electrons. The molecule has 6 rings (SSSR count). The summed E-state index contributed by atoms with van der Waals surface area (Å²) >= 11 is 0. The zero-order valence-corrected chi connectivity index (χ0v) is 26.6. The van der Waals surface area contributed by atoms with Crippen LogP contribution in [0.3, 0.4) is 0 Å². The normalized spacial score (nSPS) is 16.1. The Bertz CT molecular complexity index is 1780. The molecule has 2 aromatic heterocycles. The van der Waals surface area contributed by atoms with Crippen molar-refractivity contribution in [3.8, 4) is 16.9 Å². The van der Waals surface area contributed by atoms with Crippen LogP contribution in [0.1, 0.15) is 33.1 Å². The summed E-state index contributed by atoms with van der Waals surface area (Å²) in [7, 11) is 1.70. The lowest BCUT2D eigenvalue weighted by Crippen LogP contribution is -2.42. The molecule has 0 spiro atoms. The highest BCUT2D eigenvalue weighted by Gasteiger charge is 2.35. The van der Waals surface area contributed by atoms with Crippen LogP contribution in [0.4, 0.5) is 10.6 Å². The van der Waals surface area contributed by atoms with Gasteiger partial charge in [0.05, 0.1) is 24.0 Å². The predicted octanol–water partition coefficient (Wildman–Crippen LogP) is 5.41. The van der Waals surface area contributed by atoms with Crippen molar-refractivity contribution in [2.45, 2.75) is 25.4 Å². The van der Waals surface area contributed by atoms with Crippen molar-refractivity contribution in [2.24, 2.45) is 0 Å². The first-order valence-corrected chi connectivity index (χ1v) is 15.8. The van der Waals surface area contributed by atoms with Gasteiger partial charge in [-0.25, -0.2) is 9.48 Å². The molecule has 3 N–H and O–H groups in total. The number of pyridine rings is 1. The smallest absolute Gasteiger partial charge is 0.320 e. The van der Waals surface area contributed by atoms with Crippen molar-refractivity contribution in [3.05, 3.63) is 132 Å². The minimum atomic E-state index is -0.306. The number of ether oxygens (including phenoxy) is 1. The number of nitrogens with one attached hydrogen (secondary N) is 3. The molecule has 0 bridgehead atoms. The Kier molecular flexibility index (Phi) is 10.00. The summed E-state index contributed by atoms with van der Waals surface area (Å²) in [5.74, 6) is 0.440. The number of benzene rings is 3. The number of hydrogen-bond donors (Lipinski definition) is 3. The predicted molar refractivity (Wildman–Crippen MR) is 183 cm³/mol. The molecule has 1 fully saturated rings. The number of rotatable bonds is 11. The van der Waals surface area contributed by atoms with Crippen LogP contribution in [0.5, 0.6) is 0 Å². The second-order valence-electron chi connectivity index (χ2n) is 11.6. The van der Waals surface area contributed by atoms with Crippen LogP contribution in [-0.2, 0) is 11.3 Å². The molecule has 240 valence electrons. The number of carbonyl (C=O) groups excluding carboxylic acids is 2. The quantitative estimate of drug-likeness (QED) is 0.180. The first-order valence-electron chi connectivity index (χ1n) is 15.8. The first-order chi connectivity index (χ1) is 23.0. The summed E-state index contributed by atoms with van der Waals surface area (Å²) in [6.07, 6.45) is 1.64. The van der Waals surface area contributed by atoms with Crippen molar-refractivity contribution in [1.29, 1.82) is 0 Å². The maximum atomic E-state index is 13.7. The van der Waals surface area contributed by atoms with Crippen LogP contribution in [0, 0.1) is 6.92 Å². The van der Waals surface area contributed by atoms with Crippen LogP contribution < -0.4 is 16.0 Å². The number of hydrogen-bond acceptors (Lipinski definition) is 6. The molecule has 2 atom stereocenters. The minimum Gasteiger partial charge on any atom is -0.383 e. The number of anilines is 1. The molecule has 0 unspecified atom stereocenters. The molecule has 47 heavy (non-hydrogen) atoms. The largest absolute Gasteiger partial charge is 0.383 e. The van der Waals surface area contributed by atoms with E-state index in [0.29, 0.717) is 30.4 Å². The van der Waals surface area contributed by atoms with Crippen molar-refractivity contribution in [2.75, 3.05) is 38.7 Å². The first kappa shape index (κ1) is 31.7. The number of para-hydroxylation sites is 1. The van der Waals surface area contributed by atoms with Gasteiger partial charge in [-0.3, -0.25) is 20.0 Å². The van der Waals surface area contributed by atoms with Crippen molar-refractivity contribution in [1.82, 2.24) is 30.3 Å². The summed E-state index contributed by atoms with van der Waals surface area (Å²) in [5, 5.41) is 14.2. The molecule has 10 heteroatoms. The van der Waals surface area contributed by atoms with Gasteiger partial charge in [0.25, 0.3) is 5.91 Å².